The zero-order valence-electron chi connectivity index (χ0n) is 14.5. The minimum absolute atomic E-state index is 0.0220. The highest BCUT2D eigenvalue weighted by Gasteiger charge is 2.58. The van der Waals surface area contributed by atoms with Crippen molar-refractivity contribution >= 4 is 5.78 Å². The topological polar surface area (TPSA) is 40.5 Å². The van der Waals surface area contributed by atoms with Gasteiger partial charge >= 0.3 is 0 Å². The predicted octanol–water partition coefficient (Wildman–Crippen LogP) is 3.29. The smallest absolute Gasteiger partial charge is 0.134 e. The van der Waals surface area contributed by atoms with Crippen LogP contribution in [0.1, 0.15) is 50.2 Å². The molecule has 128 valence electrons. The number of phenols is 1. The second-order valence-electron chi connectivity index (χ2n) is 8.88. The Labute approximate surface area is 144 Å². The summed E-state index contributed by atoms with van der Waals surface area (Å²) in [6, 6.07) is 6.49. The van der Waals surface area contributed by atoms with Crippen LogP contribution in [0.5, 0.6) is 5.75 Å². The lowest BCUT2D eigenvalue weighted by Crippen LogP contribution is -2.64. The number of hydrogen-bond acceptors (Lipinski definition) is 3. The fourth-order valence-electron chi connectivity index (χ4n) is 6.27. The molecule has 3 fully saturated rings. The van der Waals surface area contributed by atoms with Crippen molar-refractivity contribution in [3.63, 3.8) is 0 Å². The predicted molar refractivity (Wildman–Crippen MR) is 93.1 cm³/mol. The molecule has 2 saturated carbocycles. The van der Waals surface area contributed by atoms with E-state index in [0.717, 1.165) is 31.7 Å². The first-order valence-corrected chi connectivity index (χ1v) is 9.65. The molecule has 24 heavy (non-hydrogen) atoms. The molecule has 3 unspecified atom stereocenters. The molecule has 1 N–H and O–H groups in total. The lowest BCUT2D eigenvalue weighted by Gasteiger charge is -2.60. The Morgan fingerprint density at radius 1 is 1.29 bits per heavy atom. The van der Waals surface area contributed by atoms with Gasteiger partial charge in [0, 0.05) is 30.8 Å². The molecule has 1 saturated heterocycles. The number of Topliss-reactive ketones (excluding diaryl/α,β-unsaturated/α-hetero) is 1. The zero-order valence-corrected chi connectivity index (χ0v) is 14.5. The summed E-state index contributed by atoms with van der Waals surface area (Å²) >= 11 is 0. The molecule has 0 radical (unpaired) electrons. The van der Waals surface area contributed by atoms with E-state index in [1.54, 1.807) is 0 Å². The van der Waals surface area contributed by atoms with Crippen molar-refractivity contribution in [2.75, 3.05) is 13.1 Å². The van der Waals surface area contributed by atoms with Gasteiger partial charge in [-0.25, -0.2) is 0 Å². The van der Waals surface area contributed by atoms with E-state index >= 15 is 0 Å². The Balaban J connectivity index is 1.63. The zero-order chi connectivity index (χ0) is 16.5. The van der Waals surface area contributed by atoms with Gasteiger partial charge in [-0.15, -0.1) is 0 Å². The van der Waals surface area contributed by atoms with Gasteiger partial charge in [0.15, 0.2) is 0 Å². The van der Waals surface area contributed by atoms with E-state index in [1.807, 2.05) is 12.1 Å². The van der Waals surface area contributed by atoms with Crippen LogP contribution < -0.4 is 0 Å². The standard InChI is InChI=1S/C21H27NO2/c1-13-8-17(24)11-21-6-7-22(12-14-2-3-14)19(20(13)21)9-15-4-5-16(23)10-18(15)21/h4-5,10,13-14,19-20,23H,2-3,6-9,11-12H2,1H3/t13-,19?,20?,21?/m0/s1. The number of hydrogen-bond donors (Lipinski definition) is 1. The number of carbonyl (C=O) groups excluding carboxylic acids is 1. The molecule has 3 nitrogen and oxygen atoms in total. The first-order valence-electron chi connectivity index (χ1n) is 9.65. The van der Waals surface area contributed by atoms with Gasteiger partial charge in [-0.1, -0.05) is 13.0 Å². The van der Waals surface area contributed by atoms with Crippen molar-refractivity contribution < 1.29 is 9.90 Å². The highest BCUT2D eigenvalue weighted by molar-refractivity contribution is 5.82. The number of rotatable bonds is 2. The van der Waals surface area contributed by atoms with Gasteiger partial charge in [-0.3, -0.25) is 9.69 Å². The lowest BCUT2D eigenvalue weighted by molar-refractivity contribution is -0.131. The Hall–Kier alpha value is -1.35. The minimum atomic E-state index is -0.0220. The van der Waals surface area contributed by atoms with Crippen LogP contribution >= 0.6 is 0 Å². The Kier molecular flexibility index (Phi) is 3.16. The van der Waals surface area contributed by atoms with Gasteiger partial charge in [-0.05, 0) is 73.2 Å². The van der Waals surface area contributed by atoms with E-state index in [9.17, 15) is 9.90 Å². The van der Waals surface area contributed by atoms with E-state index in [4.69, 9.17) is 0 Å². The molecule has 5 rings (SSSR count). The van der Waals surface area contributed by atoms with Crippen molar-refractivity contribution in [1.82, 2.24) is 4.90 Å². The number of piperidine rings is 1. The van der Waals surface area contributed by atoms with Crippen LogP contribution in [0.2, 0.25) is 0 Å². The maximum absolute atomic E-state index is 12.5. The van der Waals surface area contributed by atoms with Gasteiger partial charge in [0.1, 0.15) is 11.5 Å². The third-order valence-corrected chi connectivity index (χ3v) is 7.29. The first-order chi connectivity index (χ1) is 11.6. The largest absolute Gasteiger partial charge is 0.508 e. The van der Waals surface area contributed by atoms with Crippen LogP contribution in [0.3, 0.4) is 0 Å². The van der Waals surface area contributed by atoms with Gasteiger partial charge in [-0.2, -0.15) is 0 Å². The van der Waals surface area contributed by atoms with Crippen molar-refractivity contribution in [1.29, 1.82) is 0 Å². The van der Waals surface area contributed by atoms with Gasteiger partial charge in [0.2, 0.25) is 0 Å². The second kappa shape index (κ2) is 5.08. The van der Waals surface area contributed by atoms with Gasteiger partial charge in [0.25, 0.3) is 0 Å². The van der Waals surface area contributed by atoms with E-state index in [-0.39, 0.29) is 5.41 Å². The Morgan fingerprint density at radius 2 is 2.12 bits per heavy atom. The number of nitrogens with zero attached hydrogens (tertiary/aromatic N) is 1. The van der Waals surface area contributed by atoms with Crippen molar-refractivity contribution in [3.05, 3.63) is 29.3 Å². The summed E-state index contributed by atoms with van der Waals surface area (Å²) in [4.78, 5) is 15.3. The van der Waals surface area contributed by atoms with E-state index in [0.29, 0.717) is 35.8 Å². The third-order valence-electron chi connectivity index (χ3n) is 7.29. The molecule has 1 aromatic carbocycles. The van der Waals surface area contributed by atoms with E-state index in [2.05, 4.69) is 17.9 Å². The Bertz CT molecular complexity index is 695. The molecule has 0 amide bonds. The molecular weight excluding hydrogens is 298 g/mol. The van der Waals surface area contributed by atoms with Crippen LogP contribution in [-0.2, 0) is 16.6 Å². The number of likely N-dealkylation sites (tertiary alicyclic amines) is 1. The number of ketones is 1. The average molecular weight is 325 g/mol. The van der Waals surface area contributed by atoms with Gasteiger partial charge in [0.05, 0.1) is 0 Å². The maximum Gasteiger partial charge on any atom is 0.134 e. The normalized spacial score (nSPS) is 38.5. The molecule has 1 heterocycles. The number of fused-ring (bicyclic) bond motifs is 1. The van der Waals surface area contributed by atoms with Crippen LogP contribution in [0.15, 0.2) is 18.2 Å². The monoisotopic (exact) mass is 325 g/mol. The number of phenolic OH excluding ortho intramolecular Hbond substituents is 1. The number of carbonyl (C=O) groups is 1. The van der Waals surface area contributed by atoms with Crippen LogP contribution in [-0.4, -0.2) is 34.9 Å². The van der Waals surface area contributed by atoms with Crippen molar-refractivity contribution in [2.24, 2.45) is 17.8 Å². The van der Waals surface area contributed by atoms with Crippen molar-refractivity contribution in [3.8, 4) is 5.75 Å². The maximum atomic E-state index is 12.5. The first kappa shape index (κ1) is 14.9. The number of aromatic hydroxyl groups is 1. The van der Waals surface area contributed by atoms with Crippen LogP contribution in [0.25, 0.3) is 0 Å². The van der Waals surface area contributed by atoms with Gasteiger partial charge < -0.3 is 5.11 Å². The molecule has 4 aliphatic rings. The summed E-state index contributed by atoms with van der Waals surface area (Å²) in [6.45, 7) is 4.66. The molecule has 3 aliphatic carbocycles. The molecule has 0 aromatic heterocycles. The van der Waals surface area contributed by atoms with Crippen LogP contribution in [0, 0.1) is 17.8 Å². The Morgan fingerprint density at radius 3 is 2.92 bits per heavy atom. The summed E-state index contributed by atoms with van der Waals surface area (Å²) in [6.07, 6.45) is 6.40. The highest BCUT2D eigenvalue weighted by atomic mass is 16.3. The van der Waals surface area contributed by atoms with E-state index < -0.39 is 0 Å². The molecule has 1 aliphatic heterocycles. The lowest BCUT2D eigenvalue weighted by atomic mass is 9.49. The molecular formula is C21H27NO2. The second-order valence-corrected chi connectivity index (χ2v) is 8.88. The molecule has 0 spiro atoms. The molecule has 2 bridgehead atoms. The summed E-state index contributed by atoms with van der Waals surface area (Å²) in [5.74, 6) is 2.71. The quantitative estimate of drug-likeness (QED) is 0.907. The summed E-state index contributed by atoms with van der Waals surface area (Å²) < 4.78 is 0. The third kappa shape index (κ3) is 2.10. The summed E-state index contributed by atoms with van der Waals surface area (Å²) in [5, 5.41) is 10.1. The SMILES string of the molecule is C[C@H]1CC(=O)CC23CCN(CC4CC4)C(Cc4ccc(O)cc42)C13. The van der Waals surface area contributed by atoms with Crippen molar-refractivity contribution in [2.45, 2.75) is 56.9 Å². The highest BCUT2D eigenvalue weighted by Crippen LogP contribution is 2.57. The summed E-state index contributed by atoms with van der Waals surface area (Å²) in [5.41, 5.74) is 2.64. The molecule has 1 aromatic rings. The fraction of sp³-hybridized carbons (Fsp3) is 0.667. The number of benzene rings is 1. The average Bonchev–Trinajstić information content (AvgIpc) is 3.34. The molecule has 4 atom stereocenters. The minimum Gasteiger partial charge on any atom is -0.508 e. The van der Waals surface area contributed by atoms with E-state index in [1.165, 1.54) is 30.5 Å². The fourth-order valence-corrected chi connectivity index (χ4v) is 6.27. The van der Waals surface area contributed by atoms with Crippen LogP contribution in [0.4, 0.5) is 0 Å². The summed E-state index contributed by atoms with van der Waals surface area (Å²) in [7, 11) is 0. The molecule has 3 heteroatoms.